The van der Waals surface area contributed by atoms with Gasteiger partial charge in [-0.05, 0) is 51.7 Å². The molecule has 1 unspecified atom stereocenters. The molecule has 0 radical (unpaired) electrons. The second-order valence-electron chi connectivity index (χ2n) is 5.37. The third-order valence-corrected chi connectivity index (χ3v) is 3.96. The van der Waals surface area contributed by atoms with E-state index in [1.54, 1.807) is 6.07 Å². The quantitative estimate of drug-likeness (QED) is 0.904. The van der Waals surface area contributed by atoms with Crippen LogP contribution in [0.1, 0.15) is 24.9 Å². The van der Waals surface area contributed by atoms with Crippen LogP contribution in [0.25, 0.3) is 0 Å². The Bertz CT molecular complexity index is 422. The minimum atomic E-state index is -0.107. The largest absolute Gasteiger partial charge is 0.368 e. The first kappa shape index (κ1) is 14.3. The van der Waals surface area contributed by atoms with Crippen LogP contribution >= 0.6 is 0 Å². The summed E-state index contributed by atoms with van der Waals surface area (Å²) in [6, 6.07) is 5.78. The van der Waals surface area contributed by atoms with Crippen LogP contribution in [-0.4, -0.2) is 45.2 Å². The minimum absolute atomic E-state index is 0.107. The van der Waals surface area contributed by atoms with Gasteiger partial charge < -0.3 is 15.1 Å². The molecule has 1 aliphatic rings. The van der Waals surface area contributed by atoms with Crippen LogP contribution in [0.2, 0.25) is 0 Å². The molecule has 3 nitrogen and oxygen atoms in total. The molecule has 1 fully saturated rings. The van der Waals surface area contributed by atoms with Gasteiger partial charge in [0.25, 0.3) is 0 Å². The van der Waals surface area contributed by atoms with Gasteiger partial charge in [-0.2, -0.15) is 0 Å². The third-order valence-electron chi connectivity index (χ3n) is 3.96. The molecule has 1 aliphatic heterocycles. The molecule has 1 aromatic rings. The maximum atomic E-state index is 14.3. The monoisotopic (exact) mass is 265 g/mol. The highest BCUT2D eigenvalue weighted by molar-refractivity contribution is 5.49. The molecule has 0 saturated carbocycles. The number of hydrogen-bond acceptors (Lipinski definition) is 3. The van der Waals surface area contributed by atoms with E-state index in [1.807, 2.05) is 26.1 Å². The highest BCUT2D eigenvalue weighted by Gasteiger charge is 2.16. The SMILES string of the molecule is CNC(C)c1ccc(N2CCCN(C)CC2)c(F)c1. The van der Waals surface area contributed by atoms with Gasteiger partial charge >= 0.3 is 0 Å². The van der Waals surface area contributed by atoms with E-state index in [2.05, 4.69) is 22.2 Å². The van der Waals surface area contributed by atoms with Crippen molar-refractivity contribution >= 4 is 5.69 Å². The molecule has 0 amide bonds. The number of benzene rings is 1. The fourth-order valence-electron chi connectivity index (χ4n) is 2.50. The first-order valence-electron chi connectivity index (χ1n) is 7.02. The number of hydrogen-bond donors (Lipinski definition) is 1. The molecule has 1 N–H and O–H groups in total. The first-order valence-corrected chi connectivity index (χ1v) is 7.02. The average Bonchev–Trinajstić information content (AvgIpc) is 2.62. The molecule has 1 heterocycles. The summed E-state index contributed by atoms with van der Waals surface area (Å²) in [5, 5.41) is 3.14. The molecular weight excluding hydrogens is 241 g/mol. The molecule has 0 aromatic heterocycles. The van der Waals surface area contributed by atoms with E-state index >= 15 is 0 Å². The normalized spacial score (nSPS) is 19.3. The van der Waals surface area contributed by atoms with E-state index in [-0.39, 0.29) is 11.9 Å². The fourth-order valence-corrected chi connectivity index (χ4v) is 2.50. The molecule has 1 atom stereocenters. The summed E-state index contributed by atoms with van der Waals surface area (Å²) in [6.07, 6.45) is 1.09. The van der Waals surface area contributed by atoms with Crippen molar-refractivity contribution in [2.24, 2.45) is 0 Å². The smallest absolute Gasteiger partial charge is 0.146 e. The Morgan fingerprint density at radius 2 is 2.00 bits per heavy atom. The Labute approximate surface area is 115 Å². The maximum absolute atomic E-state index is 14.3. The molecule has 0 bridgehead atoms. The third kappa shape index (κ3) is 3.45. The summed E-state index contributed by atoms with van der Waals surface area (Å²) in [6.45, 7) is 5.95. The van der Waals surface area contributed by atoms with Gasteiger partial charge in [0.1, 0.15) is 5.82 Å². The summed E-state index contributed by atoms with van der Waals surface area (Å²) in [4.78, 5) is 4.46. The Morgan fingerprint density at radius 1 is 1.21 bits per heavy atom. The predicted molar refractivity (Wildman–Crippen MR) is 78.2 cm³/mol. The second-order valence-corrected chi connectivity index (χ2v) is 5.37. The lowest BCUT2D eigenvalue weighted by Gasteiger charge is -2.24. The summed E-state index contributed by atoms with van der Waals surface area (Å²) in [7, 11) is 4.01. The number of halogens is 1. The molecular formula is C15H24FN3. The zero-order valence-electron chi connectivity index (χ0n) is 12.1. The second kappa shape index (κ2) is 6.35. The van der Waals surface area contributed by atoms with Crippen LogP contribution in [0.15, 0.2) is 18.2 Å². The van der Waals surface area contributed by atoms with Crippen molar-refractivity contribution in [1.82, 2.24) is 10.2 Å². The van der Waals surface area contributed by atoms with Gasteiger partial charge in [-0.1, -0.05) is 6.07 Å². The highest BCUT2D eigenvalue weighted by atomic mass is 19.1. The molecule has 1 aromatic carbocycles. The highest BCUT2D eigenvalue weighted by Crippen LogP contribution is 2.24. The van der Waals surface area contributed by atoms with Gasteiger partial charge in [0.05, 0.1) is 5.69 Å². The summed E-state index contributed by atoms with van der Waals surface area (Å²) in [5.74, 6) is -0.107. The number of nitrogens with zero attached hydrogens (tertiary/aromatic N) is 2. The van der Waals surface area contributed by atoms with Crippen molar-refractivity contribution in [3.05, 3.63) is 29.6 Å². The Morgan fingerprint density at radius 3 is 2.68 bits per heavy atom. The van der Waals surface area contributed by atoms with Crippen LogP contribution in [0, 0.1) is 5.82 Å². The minimum Gasteiger partial charge on any atom is -0.368 e. The molecule has 2 rings (SSSR count). The topological polar surface area (TPSA) is 18.5 Å². The fraction of sp³-hybridized carbons (Fsp3) is 0.600. The van der Waals surface area contributed by atoms with Gasteiger partial charge in [-0.3, -0.25) is 0 Å². The van der Waals surface area contributed by atoms with Gasteiger partial charge in [-0.25, -0.2) is 4.39 Å². The summed E-state index contributed by atoms with van der Waals surface area (Å²) >= 11 is 0. The zero-order chi connectivity index (χ0) is 13.8. The maximum Gasteiger partial charge on any atom is 0.146 e. The van der Waals surface area contributed by atoms with Crippen LogP contribution in [0.3, 0.4) is 0 Å². The van der Waals surface area contributed by atoms with E-state index in [9.17, 15) is 4.39 Å². The Balaban J connectivity index is 2.16. The Kier molecular flexibility index (Phi) is 4.77. The zero-order valence-corrected chi connectivity index (χ0v) is 12.1. The lowest BCUT2D eigenvalue weighted by molar-refractivity contribution is 0.360. The molecule has 0 aliphatic carbocycles. The van der Waals surface area contributed by atoms with E-state index < -0.39 is 0 Å². The molecule has 4 heteroatoms. The van der Waals surface area contributed by atoms with Crippen molar-refractivity contribution in [2.45, 2.75) is 19.4 Å². The van der Waals surface area contributed by atoms with Crippen LogP contribution in [-0.2, 0) is 0 Å². The molecule has 0 spiro atoms. The standard InChI is InChI=1S/C15H24FN3/c1-12(17-2)13-5-6-15(14(16)11-13)19-8-4-7-18(3)9-10-19/h5-6,11-12,17H,4,7-10H2,1-3H3. The number of nitrogens with one attached hydrogen (secondary N) is 1. The van der Waals surface area contributed by atoms with Gasteiger partial charge in [0.15, 0.2) is 0 Å². The van der Waals surface area contributed by atoms with E-state index in [0.29, 0.717) is 0 Å². The van der Waals surface area contributed by atoms with Crippen molar-refractivity contribution in [1.29, 1.82) is 0 Å². The van der Waals surface area contributed by atoms with Crippen molar-refractivity contribution < 1.29 is 4.39 Å². The van der Waals surface area contributed by atoms with E-state index in [0.717, 1.165) is 43.9 Å². The van der Waals surface area contributed by atoms with Gasteiger partial charge in [0, 0.05) is 25.7 Å². The summed E-state index contributed by atoms with van der Waals surface area (Å²) in [5.41, 5.74) is 1.73. The molecule has 106 valence electrons. The van der Waals surface area contributed by atoms with Gasteiger partial charge in [-0.15, -0.1) is 0 Å². The predicted octanol–water partition coefficient (Wildman–Crippen LogP) is 2.25. The van der Waals surface area contributed by atoms with Crippen LogP contribution in [0.5, 0.6) is 0 Å². The van der Waals surface area contributed by atoms with Crippen LogP contribution < -0.4 is 10.2 Å². The molecule has 19 heavy (non-hydrogen) atoms. The Hall–Kier alpha value is -1.13. The first-order chi connectivity index (χ1) is 9.11. The number of rotatable bonds is 3. The lowest BCUT2D eigenvalue weighted by Crippen LogP contribution is -2.29. The summed E-state index contributed by atoms with van der Waals surface area (Å²) < 4.78 is 14.3. The lowest BCUT2D eigenvalue weighted by atomic mass is 10.1. The van der Waals surface area contributed by atoms with E-state index in [4.69, 9.17) is 0 Å². The number of likely N-dealkylation sites (N-methyl/N-ethyl adjacent to an activating group) is 1. The average molecular weight is 265 g/mol. The van der Waals surface area contributed by atoms with Crippen LogP contribution in [0.4, 0.5) is 10.1 Å². The van der Waals surface area contributed by atoms with Gasteiger partial charge in [0.2, 0.25) is 0 Å². The molecule has 1 saturated heterocycles. The van der Waals surface area contributed by atoms with E-state index in [1.165, 1.54) is 0 Å². The number of anilines is 1. The van der Waals surface area contributed by atoms with Crippen molar-refractivity contribution in [3.8, 4) is 0 Å². The van der Waals surface area contributed by atoms with Crippen molar-refractivity contribution in [3.63, 3.8) is 0 Å². The van der Waals surface area contributed by atoms with Crippen molar-refractivity contribution in [2.75, 3.05) is 45.2 Å².